The van der Waals surface area contributed by atoms with Gasteiger partial charge in [0.15, 0.2) is 5.13 Å². The summed E-state index contributed by atoms with van der Waals surface area (Å²) >= 11 is 1.59. The maximum atomic E-state index is 8.96. The van der Waals surface area contributed by atoms with Crippen molar-refractivity contribution in [3.8, 4) is 11.8 Å². The average molecular weight is 281 g/mol. The molecule has 0 aliphatic rings. The monoisotopic (exact) mass is 281 g/mol. The second-order valence-corrected chi connectivity index (χ2v) is 5.17. The molecule has 5 heteroatoms. The van der Waals surface area contributed by atoms with Gasteiger partial charge in [-0.1, -0.05) is 23.5 Å². The molecule has 0 aliphatic heterocycles. The molecule has 0 saturated carbocycles. The molecule has 1 N–H and O–H groups in total. The molecule has 0 aliphatic carbocycles. The van der Waals surface area contributed by atoms with Crippen LogP contribution < -0.4 is 10.1 Å². The van der Waals surface area contributed by atoms with Crippen LogP contribution in [0.25, 0.3) is 10.2 Å². The molecule has 20 heavy (non-hydrogen) atoms. The summed E-state index contributed by atoms with van der Waals surface area (Å²) in [7, 11) is 1.55. The quantitative estimate of drug-likeness (QED) is 0.790. The van der Waals surface area contributed by atoms with Gasteiger partial charge in [-0.05, 0) is 24.3 Å². The summed E-state index contributed by atoms with van der Waals surface area (Å²) in [6.07, 6.45) is 0. The highest BCUT2D eigenvalue weighted by Crippen LogP contribution is 2.30. The zero-order chi connectivity index (χ0) is 13.9. The highest BCUT2D eigenvalue weighted by molar-refractivity contribution is 7.22. The molecule has 0 atom stereocenters. The van der Waals surface area contributed by atoms with Crippen LogP contribution in [0.3, 0.4) is 0 Å². The third-order valence-corrected chi connectivity index (χ3v) is 3.82. The molecular weight excluding hydrogens is 270 g/mol. The summed E-state index contributed by atoms with van der Waals surface area (Å²) in [5, 5.41) is 13.0. The first kappa shape index (κ1) is 12.5. The van der Waals surface area contributed by atoms with Gasteiger partial charge in [0.1, 0.15) is 11.8 Å². The number of nitriles is 1. The van der Waals surface area contributed by atoms with Gasteiger partial charge < -0.3 is 10.1 Å². The zero-order valence-electron chi connectivity index (χ0n) is 10.8. The van der Waals surface area contributed by atoms with E-state index in [0.717, 1.165) is 21.0 Å². The maximum absolute atomic E-state index is 8.96. The minimum atomic E-state index is 0.516. The standard InChI is InChI=1S/C15H11N3OS/c1-19-13-8-11(7-6-10(13)9-16)17-15-18-12-4-2-3-5-14(12)20-15/h2-8H,1H3,(H,17,18). The molecule has 1 heterocycles. The van der Waals surface area contributed by atoms with Gasteiger partial charge in [0.2, 0.25) is 0 Å². The minimum absolute atomic E-state index is 0.516. The van der Waals surface area contributed by atoms with Crippen LogP contribution in [0.2, 0.25) is 0 Å². The molecule has 3 rings (SSSR count). The molecule has 2 aromatic carbocycles. The number of rotatable bonds is 3. The summed E-state index contributed by atoms with van der Waals surface area (Å²) in [6, 6.07) is 15.4. The second kappa shape index (κ2) is 5.19. The Balaban J connectivity index is 1.92. The average Bonchev–Trinajstić information content (AvgIpc) is 2.89. The van der Waals surface area contributed by atoms with Crippen molar-refractivity contribution in [1.29, 1.82) is 5.26 Å². The van der Waals surface area contributed by atoms with Crippen molar-refractivity contribution in [1.82, 2.24) is 4.98 Å². The lowest BCUT2D eigenvalue weighted by Gasteiger charge is -2.06. The Morgan fingerprint density at radius 3 is 2.85 bits per heavy atom. The molecule has 98 valence electrons. The number of anilines is 2. The largest absolute Gasteiger partial charge is 0.495 e. The van der Waals surface area contributed by atoms with Crippen molar-refractivity contribution in [2.24, 2.45) is 0 Å². The van der Waals surface area contributed by atoms with Gasteiger partial charge in [0, 0.05) is 11.8 Å². The Bertz CT molecular complexity index is 771. The Labute approximate surface area is 120 Å². The van der Waals surface area contributed by atoms with E-state index >= 15 is 0 Å². The van der Waals surface area contributed by atoms with E-state index in [1.807, 2.05) is 30.3 Å². The number of hydrogen-bond acceptors (Lipinski definition) is 5. The van der Waals surface area contributed by atoms with Gasteiger partial charge in [-0.15, -0.1) is 0 Å². The van der Waals surface area contributed by atoms with E-state index in [1.165, 1.54) is 0 Å². The lowest BCUT2D eigenvalue weighted by molar-refractivity contribution is 0.413. The molecule has 0 radical (unpaired) electrons. The summed E-state index contributed by atoms with van der Waals surface area (Å²) in [6.45, 7) is 0. The third-order valence-electron chi connectivity index (χ3n) is 2.87. The first-order valence-corrected chi connectivity index (χ1v) is 6.82. The van der Waals surface area contributed by atoms with Gasteiger partial charge in [-0.3, -0.25) is 0 Å². The van der Waals surface area contributed by atoms with E-state index in [4.69, 9.17) is 10.00 Å². The van der Waals surface area contributed by atoms with Crippen molar-refractivity contribution in [2.75, 3.05) is 12.4 Å². The molecule has 0 unspecified atom stereocenters. The molecule has 0 fully saturated rings. The summed E-state index contributed by atoms with van der Waals surface area (Å²) in [5.41, 5.74) is 2.34. The topological polar surface area (TPSA) is 57.9 Å². The van der Waals surface area contributed by atoms with Gasteiger partial charge in [-0.2, -0.15) is 5.26 Å². The molecule has 1 aromatic heterocycles. The molecule has 0 bridgehead atoms. The molecular formula is C15H11N3OS. The number of hydrogen-bond donors (Lipinski definition) is 1. The van der Waals surface area contributed by atoms with Crippen LogP contribution in [0.4, 0.5) is 10.8 Å². The van der Waals surface area contributed by atoms with E-state index in [-0.39, 0.29) is 0 Å². The summed E-state index contributed by atoms with van der Waals surface area (Å²) < 4.78 is 6.33. The number of thiazole rings is 1. The number of aromatic nitrogens is 1. The van der Waals surface area contributed by atoms with Crippen molar-refractivity contribution < 1.29 is 4.74 Å². The molecule has 0 saturated heterocycles. The van der Waals surface area contributed by atoms with Crippen molar-refractivity contribution in [2.45, 2.75) is 0 Å². The summed E-state index contributed by atoms with van der Waals surface area (Å²) in [5.74, 6) is 0.554. The van der Waals surface area contributed by atoms with Crippen molar-refractivity contribution >= 4 is 32.4 Å². The Hall–Kier alpha value is -2.58. The van der Waals surface area contributed by atoms with E-state index in [1.54, 1.807) is 30.6 Å². The van der Waals surface area contributed by atoms with Crippen molar-refractivity contribution in [3.63, 3.8) is 0 Å². The van der Waals surface area contributed by atoms with Crippen LogP contribution in [0.1, 0.15) is 5.56 Å². The predicted octanol–water partition coefficient (Wildman–Crippen LogP) is 3.92. The molecule has 4 nitrogen and oxygen atoms in total. The van der Waals surface area contributed by atoms with Gasteiger partial charge in [0.05, 0.1) is 22.9 Å². The number of para-hydroxylation sites is 1. The predicted molar refractivity (Wildman–Crippen MR) is 80.6 cm³/mol. The third kappa shape index (κ3) is 2.29. The minimum Gasteiger partial charge on any atom is -0.495 e. The summed E-state index contributed by atoms with van der Waals surface area (Å²) in [4.78, 5) is 4.51. The smallest absolute Gasteiger partial charge is 0.188 e. The number of fused-ring (bicyclic) bond motifs is 1. The van der Waals surface area contributed by atoms with Crippen LogP contribution >= 0.6 is 11.3 Å². The van der Waals surface area contributed by atoms with Crippen LogP contribution in [0.5, 0.6) is 5.75 Å². The first-order valence-electron chi connectivity index (χ1n) is 6.01. The molecule has 3 aromatic rings. The normalized spacial score (nSPS) is 10.2. The lowest BCUT2D eigenvalue weighted by atomic mass is 10.2. The molecule has 0 amide bonds. The number of nitrogens with one attached hydrogen (secondary N) is 1. The highest BCUT2D eigenvalue weighted by atomic mass is 32.1. The zero-order valence-corrected chi connectivity index (χ0v) is 11.6. The fraction of sp³-hybridized carbons (Fsp3) is 0.0667. The SMILES string of the molecule is COc1cc(Nc2nc3ccccc3s2)ccc1C#N. The van der Waals surface area contributed by atoms with Crippen molar-refractivity contribution in [3.05, 3.63) is 48.0 Å². The Morgan fingerprint density at radius 1 is 1.25 bits per heavy atom. The first-order chi connectivity index (χ1) is 9.80. The van der Waals surface area contributed by atoms with E-state index in [0.29, 0.717) is 11.3 Å². The number of methoxy groups -OCH3 is 1. The van der Waals surface area contributed by atoms with Gasteiger partial charge in [0.25, 0.3) is 0 Å². The maximum Gasteiger partial charge on any atom is 0.188 e. The van der Waals surface area contributed by atoms with E-state index < -0.39 is 0 Å². The lowest BCUT2D eigenvalue weighted by Crippen LogP contribution is -1.93. The molecule has 0 spiro atoms. The second-order valence-electron chi connectivity index (χ2n) is 4.14. The fourth-order valence-corrected chi connectivity index (χ4v) is 2.80. The fourth-order valence-electron chi connectivity index (χ4n) is 1.91. The van der Waals surface area contributed by atoms with Gasteiger partial charge in [-0.25, -0.2) is 4.98 Å². The van der Waals surface area contributed by atoms with Crippen LogP contribution in [-0.2, 0) is 0 Å². The Kier molecular flexibility index (Phi) is 3.23. The van der Waals surface area contributed by atoms with E-state index in [9.17, 15) is 0 Å². The highest BCUT2D eigenvalue weighted by Gasteiger charge is 2.06. The van der Waals surface area contributed by atoms with Crippen LogP contribution in [0.15, 0.2) is 42.5 Å². The van der Waals surface area contributed by atoms with E-state index in [2.05, 4.69) is 16.4 Å². The number of nitrogens with zero attached hydrogens (tertiary/aromatic N) is 2. The Morgan fingerprint density at radius 2 is 2.10 bits per heavy atom. The van der Waals surface area contributed by atoms with Gasteiger partial charge >= 0.3 is 0 Å². The number of benzene rings is 2. The number of ether oxygens (including phenoxy) is 1. The van der Waals surface area contributed by atoms with Crippen LogP contribution in [-0.4, -0.2) is 12.1 Å². The van der Waals surface area contributed by atoms with Crippen LogP contribution in [0, 0.1) is 11.3 Å².